The average Bonchev–Trinajstić information content (AvgIpc) is 3.32. The summed E-state index contributed by atoms with van der Waals surface area (Å²) >= 11 is 7.36. The highest BCUT2D eigenvalue weighted by Crippen LogP contribution is 2.44. The summed E-state index contributed by atoms with van der Waals surface area (Å²) in [7, 11) is 0. The summed E-state index contributed by atoms with van der Waals surface area (Å²) in [5.74, 6) is -3.05. The predicted molar refractivity (Wildman–Crippen MR) is 148 cm³/mol. The highest BCUT2D eigenvalue weighted by atomic mass is 35.5. The molecule has 1 aromatic carbocycles. The number of piperidine rings is 1. The van der Waals surface area contributed by atoms with Gasteiger partial charge in [-0.15, -0.1) is 0 Å². The van der Waals surface area contributed by atoms with Gasteiger partial charge in [0.15, 0.2) is 5.13 Å². The van der Waals surface area contributed by atoms with E-state index in [9.17, 15) is 22.4 Å². The molecule has 0 radical (unpaired) electrons. The molecule has 2 saturated heterocycles. The van der Waals surface area contributed by atoms with Gasteiger partial charge < -0.3 is 20.3 Å². The number of amides is 1. The molecule has 3 aliphatic rings. The minimum atomic E-state index is -3.09. The molecule has 2 fully saturated rings. The number of benzene rings is 1. The topological polar surface area (TPSA) is 82.1 Å². The number of hydrogen-bond donors (Lipinski definition) is 2. The van der Waals surface area contributed by atoms with Crippen molar-refractivity contribution in [2.24, 2.45) is 4.99 Å². The smallest absolute Gasteiger partial charge is 0.387 e. The first kappa shape index (κ1) is 28.1. The third-order valence-corrected chi connectivity index (χ3v) is 7.95. The quantitative estimate of drug-likeness (QED) is 0.309. The van der Waals surface area contributed by atoms with Crippen LogP contribution in [0.15, 0.2) is 59.5 Å². The molecule has 5 rings (SSSR count). The molecule has 14 heteroatoms. The first-order chi connectivity index (χ1) is 19.1. The van der Waals surface area contributed by atoms with Crippen LogP contribution in [-0.4, -0.2) is 66.8 Å². The Morgan fingerprint density at radius 2 is 2.05 bits per heavy atom. The zero-order valence-electron chi connectivity index (χ0n) is 21.0. The Labute approximate surface area is 236 Å². The van der Waals surface area contributed by atoms with Crippen LogP contribution < -0.4 is 20.3 Å². The van der Waals surface area contributed by atoms with E-state index < -0.39 is 18.4 Å². The van der Waals surface area contributed by atoms with Gasteiger partial charge >= 0.3 is 6.61 Å². The number of anilines is 2. The van der Waals surface area contributed by atoms with Crippen LogP contribution in [0.25, 0.3) is 11.3 Å². The van der Waals surface area contributed by atoms with Crippen LogP contribution in [0, 0.1) is 0 Å². The van der Waals surface area contributed by atoms with E-state index in [-0.39, 0.29) is 57.6 Å². The number of aromatic nitrogens is 1. The summed E-state index contributed by atoms with van der Waals surface area (Å²) in [6.45, 7) is 1.26. The molecule has 0 aliphatic carbocycles. The Bertz CT molecular complexity index is 1380. The summed E-state index contributed by atoms with van der Waals surface area (Å²) < 4.78 is 57.9. The van der Waals surface area contributed by atoms with E-state index in [1.165, 1.54) is 30.5 Å². The normalized spacial score (nSPS) is 20.2. The van der Waals surface area contributed by atoms with Crippen LogP contribution in [0.4, 0.5) is 27.7 Å². The average molecular weight is 597 g/mol. The fourth-order valence-corrected chi connectivity index (χ4v) is 5.96. The first-order valence-electron chi connectivity index (χ1n) is 12.4. The van der Waals surface area contributed by atoms with Gasteiger partial charge in [0.05, 0.1) is 18.7 Å². The van der Waals surface area contributed by atoms with Gasteiger partial charge in [-0.05, 0) is 37.1 Å². The molecule has 8 nitrogen and oxygen atoms in total. The number of likely N-dealkylation sites (tertiary alicyclic amines) is 1. The highest BCUT2D eigenvalue weighted by molar-refractivity contribution is 7.20. The number of ether oxygens (including phenoxy) is 1. The number of rotatable bonds is 8. The Morgan fingerprint density at radius 1 is 1.30 bits per heavy atom. The Balaban J connectivity index is 1.45. The van der Waals surface area contributed by atoms with Crippen molar-refractivity contribution >= 4 is 45.2 Å². The van der Waals surface area contributed by atoms with Crippen molar-refractivity contribution in [2.75, 3.05) is 36.4 Å². The second-order valence-electron chi connectivity index (χ2n) is 9.37. The van der Waals surface area contributed by atoms with Gasteiger partial charge in [0, 0.05) is 42.1 Å². The Hall–Kier alpha value is -3.42. The lowest BCUT2D eigenvalue weighted by Crippen LogP contribution is -2.61. The first-order valence-corrected chi connectivity index (χ1v) is 13.6. The van der Waals surface area contributed by atoms with Crippen LogP contribution in [-0.2, 0) is 4.79 Å². The largest absolute Gasteiger partial charge is 0.434 e. The maximum absolute atomic E-state index is 13.4. The zero-order valence-corrected chi connectivity index (χ0v) is 22.6. The lowest BCUT2D eigenvalue weighted by atomic mass is 9.98. The monoisotopic (exact) mass is 596 g/mol. The van der Waals surface area contributed by atoms with Crippen LogP contribution in [0.2, 0.25) is 5.02 Å². The summed E-state index contributed by atoms with van der Waals surface area (Å²) in [4.78, 5) is 25.9. The third-order valence-electron chi connectivity index (χ3n) is 6.69. The third kappa shape index (κ3) is 6.16. The molecule has 2 aromatic rings. The number of halogens is 5. The van der Waals surface area contributed by atoms with Crippen molar-refractivity contribution in [1.82, 2.24) is 15.2 Å². The van der Waals surface area contributed by atoms with Gasteiger partial charge in [0.2, 0.25) is 0 Å². The minimum Gasteiger partial charge on any atom is -0.434 e. The maximum atomic E-state index is 13.4. The molecule has 0 atom stereocenters. The van der Waals surface area contributed by atoms with E-state index in [2.05, 4.69) is 22.2 Å². The van der Waals surface area contributed by atoms with Crippen molar-refractivity contribution in [3.63, 3.8) is 0 Å². The number of nitrogens with zero attached hydrogens (tertiary/aromatic N) is 4. The number of hydrogen-bond acceptors (Lipinski definition) is 8. The second-order valence-corrected chi connectivity index (χ2v) is 10.8. The molecule has 1 aromatic heterocycles. The highest BCUT2D eigenvalue weighted by Gasteiger charge is 2.47. The number of alkyl halides is 4. The Morgan fingerprint density at radius 3 is 2.67 bits per heavy atom. The zero-order chi connectivity index (χ0) is 28.4. The molecule has 212 valence electrons. The van der Waals surface area contributed by atoms with Crippen molar-refractivity contribution in [1.29, 1.82) is 0 Å². The van der Waals surface area contributed by atoms with E-state index in [0.717, 1.165) is 11.3 Å². The molecular formula is C26H25ClF4N6O2S. The predicted octanol–water partition coefficient (Wildman–Crippen LogP) is 5.51. The van der Waals surface area contributed by atoms with Crippen molar-refractivity contribution in [2.45, 2.75) is 31.4 Å². The fourth-order valence-electron chi connectivity index (χ4n) is 4.77. The molecule has 0 spiro atoms. The van der Waals surface area contributed by atoms with Gasteiger partial charge in [-0.25, -0.2) is 18.8 Å². The van der Waals surface area contributed by atoms with Gasteiger partial charge in [-0.3, -0.25) is 9.69 Å². The summed E-state index contributed by atoms with van der Waals surface area (Å²) in [6, 6.07) is 4.22. The van der Waals surface area contributed by atoms with Crippen LogP contribution >= 0.6 is 22.9 Å². The molecule has 2 N–H and O–H groups in total. The summed E-state index contributed by atoms with van der Waals surface area (Å²) in [6.07, 6.45) is 7.46. The van der Waals surface area contributed by atoms with Gasteiger partial charge in [-0.1, -0.05) is 35.6 Å². The standard InChI is InChI=1S/C26H25ClF4N6O2S/c1-2-17(21-32-8-3-9-33-21)22(38)35-23-20(18-12-15(27)4-5-19(18)39-24(28)29)34-25(40-23)36-10-6-16(7-11-36)37-13-26(30,31)14-37/h2-5,8-9,12,16,24,32H,1,6-7,10-11,13-14H2,(H,35,38)/b21-17-. The van der Waals surface area contributed by atoms with E-state index >= 15 is 0 Å². The van der Waals surface area contributed by atoms with E-state index in [1.54, 1.807) is 17.2 Å². The molecule has 3 aliphatic heterocycles. The molecular weight excluding hydrogens is 572 g/mol. The van der Waals surface area contributed by atoms with Crippen molar-refractivity contribution < 1.29 is 27.1 Å². The molecule has 0 unspecified atom stereocenters. The molecule has 4 heterocycles. The van der Waals surface area contributed by atoms with E-state index in [0.29, 0.717) is 31.1 Å². The molecule has 1 amide bonds. The van der Waals surface area contributed by atoms with E-state index in [1.807, 2.05) is 4.90 Å². The Kier molecular flexibility index (Phi) is 8.15. The lowest BCUT2D eigenvalue weighted by molar-refractivity contribution is -0.148. The maximum Gasteiger partial charge on any atom is 0.387 e. The second kappa shape index (κ2) is 11.6. The number of aliphatic imine (C=N–C) groups is 1. The SMILES string of the molecule is C=C/C(C(=O)Nc1sc(N2CCC(N3CC(F)(F)C3)CC2)nc1-c1cc(Cl)ccc1OC(F)F)=C1/N=CC=CN1. The van der Waals surface area contributed by atoms with Crippen LogP contribution in [0.5, 0.6) is 5.75 Å². The van der Waals surface area contributed by atoms with E-state index in [4.69, 9.17) is 21.3 Å². The molecule has 40 heavy (non-hydrogen) atoms. The number of nitrogens with one attached hydrogen (secondary N) is 2. The summed E-state index contributed by atoms with van der Waals surface area (Å²) in [5.41, 5.74) is 0.529. The number of thiazole rings is 1. The van der Waals surface area contributed by atoms with Crippen LogP contribution in [0.3, 0.4) is 0 Å². The number of carbonyl (C=O) groups excluding carboxylic acids is 1. The molecule has 0 bridgehead atoms. The number of allylic oxidation sites excluding steroid dienone is 1. The fraction of sp³-hybridized carbons (Fsp3) is 0.346. The van der Waals surface area contributed by atoms with Crippen molar-refractivity contribution in [3.8, 4) is 17.0 Å². The van der Waals surface area contributed by atoms with Crippen molar-refractivity contribution in [3.05, 3.63) is 59.5 Å². The van der Waals surface area contributed by atoms with Gasteiger partial charge in [0.25, 0.3) is 11.8 Å². The van der Waals surface area contributed by atoms with Gasteiger partial charge in [-0.2, -0.15) is 8.78 Å². The summed E-state index contributed by atoms with van der Waals surface area (Å²) in [5, 5.41) is 6.77. The lowest BCUT2D eigenvalue weighted by Gasteiger charge is -2.46. The number of carbonyl (C=O) groups is 1. The van der Waals surface area contributed by atoms with Gasteiger partial charge in [0.1, 0.15) is 22.3 Å². The molecule has 0 saturated carbocycles. The minimum absolute atomic E-state index is 0.0489. The van der Waals surface area contributed by atoms with Crippen LogP contribution in [0.1, 0.15) is 12.8 Å².